The summed E-state index contributed by atoms with van der Waals surface area (Å²) in [5.41, 5.74) is 2.01. The Balaban J connectivity index is 1.71. The van der Waals surface area contributed by atoms with Crippen LogP contribution in [-0.2, 0) is 0 Å². The lowest BCUT2D eigenvalue weighted by atomic mass is 10.1. The molecule has 1 heterocycles. The van der Waals surface area contributed by atoms with E-state index in [1.165, 1.54) is 18.1 Å². The summed E-state index contributed by atoms with van der Waals surface area (Å²) < 4.78 is 3.49. The molecule has 1 aromatic heterocycles. The number of anilines is 1. The highest BCUT2D eigenvalue weighted by Crippen LogP contribution is 2.25. The minimum atomic E-state index is -0.488. The Labute approximate surface area is 142 Å². The van der Waals surface area contributed by atoms with E-state index in [9.17, 15) is 10.0 Å². The predicted octanol–water partition coefficient (Wildman–Crippen LogP) is 4.53. The molecule has 3 rings (SSSR count). The second-order valence-corrected chi connectivity index (χ2v) is 6.12. The first-order chi connectivity index (χ1) is 11.1. The lowest BCUT2D eigenvalue weighted by Gasteiger charge is -2.07. The number of rotatable bonds is 4. The second kappa shape index (κ2) is 6.81. The van der Waals surface area contributed by atoms with E-state index >= 15 is 0 Å². The highest BCUT2D eigenvalue weighted by Gasteiger charge is 2.03. The number of benzene rings is 2. The Morgan fingerprint density at radius 1 is 0.957 bits per heavy atom. The van der Waals surface area contributed by atoms with Crippen molar-refractivity contribution in [1.29, 1.82) is 0 Å². The summed E-state index contributed by atoms with van der Waals surface area (Å²) >= 11 is 7.20. The lowest BCUT2D eigenvalue weighted by Crippen LogP contribution is -2.18. The van der Waals surface area contributed by atoms with Gasteiger partial charge in [-0.3, -0.25) is 4.79 Å². The molecule has 6 heteroatoms. The molecule has 0 aliphatic carbocycles. The molecule has 0 saturated heterocycles. The molecule has 0 unspecified atom stereocenters. The summed E-state index contributed by atoms with van der Waals surface area (Å²) in [6.45, 7) is 0. The maximum absolute atomic E-state index is 11.7. The van der Waals surface area contributed by atoms with E-state index in [1.54, 1.807) is 12.1 Å². The van der Waals surface area contributed by atoms with Gasteiger partial charge in [-0.15, -0.1) is 0 Å². The van der Waals surface area contributed by atoms with E-state index in [4.69, 9.17) is 11.6 Å². The zero-order valence-corrected chi connectivity index (χ0v) is 13.5. The summed E-state index contributed by atoms with van der Waals surface area (Å²) in [6.07, 6.45) is 1.29. The molecule has 2 aromatic carbocycles. The maximum atomic E-state index is 11.7. The Bertz CT molecular complexity index is 861. The third-order valence-electron chi connectivity index (χ3n) is 3.24. The van der Waals surface area contributed by atoms with E-state index in [0.29, 0.717) is 15.4 Å². The van der Waals surface area contributed by atoms with Crippen LogP contribution in [0.1, 0.15) is 0 Å². The van der Waals surface area contributed by atoms with E-state index < -0.39 is 5.56 Å². The largest absolute Gasteiger partial charge is 0.425 e. The Morgan fingerprint density at radius 2 is 1.57 bits per heavy atom. The number of hydrogen-bond donors (Lipinski definition) is 2. The van der Waals surface area contributed by atoms with Gasteiger partial charge in [-0.1, -0.05) is 35.9 Å². The molecule has 0 aliphatic heterocycles. The molecule has 0 bridgehead atoms. The highest BCUT2D eigenvalue weighted by molar-refractivity contribution is 8.00. The molecular weight excluding hydrogens is 332 g/mol. The highest BCUT2D eigenvalue weighted by atomic mass is 35.5. The van der Waals surface area contributed by atoms with Crippen molar-refractivity contribution in [2.45, 2.75) is 4.90 Å². The van der Waals surface area contributed by atoms with Gasteiger partial charge >= 0.3 is 5.56 Å². The summed E-state index contributed by atoms with van der Waals surface area (Å²) in [4.78, 5) is 12.6. The first-order valence-electron chi connectivity index (χ1n) is 6.83. The van der Waals surface area contributed by atoms with Gasteiger partial charge in [0.05, 0.1) is 0 Å². The van der Waals surface area contributed by atoms with Gasteiger partial charge < -0.3 is 9.93 Å². The van der Waals surface area contributed by atoms with Crippen LogP contribution in [0.15, 0.2) is 76.6 Å². The quantitative estimate of drug-likeness (QED) is 0.539. The van der Waals surface area contributed by atoms with Crippen molar-refractivity contribution in [2.24, 2.45) is 0 Å². The van der Waals surface area contributed by atoms with Crippen molar-refractivity contribution in [1.82, 2.24) is 4.73 Å². The Hall–Kier alpha value is -2.37. The third-order valence-corrected chi connectivity index (χ3v) is 4.32. The Morgan fingerprint density at radius 3 is 2.22 bits per heavy atom. The fraction of sp³-hybridized carbons (Fsp3) is 0. The number of hydrogen-bond acceptors (Lipinski definition) is 4. The van der Waals surface area contributed by atoms with Crippen molar-refractivity contribution in [3.63, 3.8) is 0 Å². The minimum absolute atomic E-state index is 0.321. The summed E-state index contributed by atoms with van der Waals surface area (Å²) in [6, 6.07) is 18.8. The van der Waals surface area contributed by atoms with Crippen LogP contribution in [0.3, 0.4) is 0 Å². The normalized spacial score (nSPS) is 10.5. The van der Waals surface area contributed by atoms with Crippen LogP contribution in [0.5, 0.6) is 0 Å². The SMILES string of the molecule is O=c1c(NSc2ccc(-c3ccc(Cl)cc3)cc2)cccn1O. The van der Waals surface area contributed by atoms with Gasteiger partial charge in [-0.25, -0.2) is 0 Å². The average molecular weight is 345 g/mol. The van der Waals surface area contributed by atoms with E-state index in [0.717, 1.165) is 16.0 Å². The van der Waals surface area contributed by atoms with Crippen LogP contribution in [0.25, 0.3) is 11.1 Å². The van der Waals surface area contributed by atoms with E-state index in [1.807, 2.05) is 48.5 Å². The molecule has 0 atom stereocenters. The molecule has 116 valence electrons. The number of aromatic nitrogens is 1. The van der Waals surface area contributed by atoms with Crippen LogP contribution >= 0.6 is 23.5 Å². The zero-order valence-electron chi connectivity index (χ0n) is 11.9. The molecule has 0 radical (unpaired) electrons. The van der Waals surface area contributed by atoms with Crippen molar-refractivity contribution in [3.8, 4) is 11.1 Å². The van der Waals surface area contributed by atoms with Crippen LogP contribution < -0.4 is 10.3 Å². The van der Waals surface area contributed by atoms with Gasteiger partial charge in [0.15, 0.2) is 0 Å². The molecule has 2 N–H and O–H groups in total. The van der Waals surface area contributed by atoms with E-state index in [2.05, 4.69) is 4.72 Å². The average Bonchev–Trinajstić information content (AvgIpc) is 2.57. The second-order valence-electron chi connectivity index (χ2n) is 4.81. The Kier molecular flexibility index (Phi) is 4.60. The fourth-order valence-electron chi connectivity index (χ4n) is 2.03. The monoisotopic (exact) mass is 344 g/mol. The van der Waals surface area contributed by atoms with Gasteiger partial charge in [0.2, 0.25) is 0 Å². The number of nitrogens with one attached hydrogen (secondary N) is 1. The van der Waals surface area contributed by atoms with E-state index in [-0.39, 0.29) is 0 Å². The van der Waals surface area contributed by atoms with Crippen LogP contribution in [0.4, 0.5) is 5.69 Å². The number of pyridine rings is 1. The van der Waals surface area contributed by atoms with Crippen molar-refractivity contribution < 1.29 is 5.21 Å². The molecule has 4 nitrogen and oxygen atoms in total. The lowest BCUT2D eigenvalue weighted by molar-refractivity contribution is 0.175. The molecular formula is C17H13ClN2O2S. The van der Waals surface area contributed by atoms with Gasteiger partial charge in [-0.2, -0.15) is 4.73 Å². The van der Waals surface area contributed by atoms with Crippen molar-refractivity contribution in [3.05, 3.63) is 82.2 Å². The zero-order chi connectivity index (χ0) is 16.2. The predicted molar refractivity (Wildman–Crippen MR) is 94.3 cm³/mol. The number of halogens is 1. The van der Waals surface area contributed by atoms with Gasteiger partial charge in [-0.05, 0) is 59.5 Å². The van der Waals surface area contributed by atoms with Crippen molar-refractivity contribution >= 4 is 29.2 Å². The smallest absolute Gasteiger partial charge is 0.306 e. The summed E-state index contributed by atoms with van der Waals surface area (Å²) in [7, 11) is 0. The maximum Gasteiger partial charge on any atom is 0.306 e. The molecule has 3 aromatic rings. The molecule has 0 spiro atoms. The van der Waals surface area contributed by atoms with Crippen LogP contribution in [0.2, 0.25) is 5.02 Å². The summed E-state index contributed by atoms with van der Waals surface area (Å²) in [5.74, 6) is 0. The van der Waals surface area contributed by atoms with Crippen LogP contribution in [0, 0.1) is 0 Å². The molecule has 23 heavy (non-hydrogen) atoms. The molecule has 0 aliphatic rings. The minimum Gasteiger partial charge on any atom is -0.425 e. The van der Waals surface area contributed by atoms with Crippen LogP contribution in [-0.4, -0.2) is 9.94 Å². The van der Waals surface area contributed by atoms with Crippen molar-refractivity contribution in [2.75, 3.05) is 4.72 Å². The van der Waals surface area contributed by atoms with Gasteiger partial charge in [0.1, 0.15) is 5.69 Å². The van der Waals surface area contributed by atoms with Gasteiger partial charge in [0, 0.05) is 16.1 Å². The molecule has 0 amide bonds. The third kappa shape index (κ3) is 3.70. The summed E-state index contributed by atoms with van der Waals surface area (Å²) in [5, 5.41) is 10.0. The molecule has 0 saturated carbocycles. The number of nitrogens with zero attached hydrogens (tertiary/aromatic N) is 1. The molecule has 0 fully saturated rings. The topological polar surface area (TPSA) is 54.3 Å². The van der Waals surface area contributed by atoms with Gasteiger partial charge in [0.25, 0.3) is 0 Å². The first kappa shape index (κ1) is 15.5. The standard InChI is InChI=1S/C17H13ClN2O2S/c18-14-7-3-12(4-8-14)13-5-9-15(10-6-13)23-19-16-2-1-11-20(22)17(16)21/h1-11,19,22H. The fourth-order valence-corrected chi connectivity index (χ4v) is 2.81. The first-order valence-corrected chi connectivity index (χ1v) is 8.03.